The second-order valence-corrected chi connectivity index (χ2v) is 18.1. The lowest BCUT2D eigenvalue weighted by Crippen LogP contribution is -2.12. The summed E-state index contributed by atoms with van der Waals surface area (Å²) in [4.78, 5) is 14.0. The highest BCUT2D eigenvalue weighted by molar-refractivity contribution is 6.13. The molecule has 0 atom stereocenters. The lowest BCUT2D eigenvalue weighted by Gasteiger charge is -2.20. The van der Waals surface area contributed by atoms with E-state index in [2.05, 4.69) is 124 Å². The summed E-state index contributed by atoms with van der Waals surface area (Å²) in [5, 5.41) is 4.26. The van der Waals surface area contributed by atoms with E-state index in [4.69, 9.17) is 9.97 Å². The van der Waals surface area contributed by atoms with Crippen molar-refractivity contribution in [1.29, 1.82) is 0 Å². The highest BCUT2D eigenvalue weighted by atomic mass is 19.4. The summed E-state index contributed by atoms with van der Waals surface area (Å²) < 4.78 is 47.1. The zero-order valence-corrected chi connectivity index (χ0v) is 36.4. The predicted octanol–water partition coefficient (Wildman–Crippen LogP) is 15.4. The number of nitrogens with zero attached hydrogens (tertiary/aromatic N) is 4. The first kappa shape index (κ1) is 39.4. The van der Waals surface area contributed by atoms with Gasteiger partial charge in [-0.3, -0.25) is 9.13 Å². The molecular formula is C56H44F3N5. The number of benzene rings is 7. The van der Waals surface area contributed by atoms with Gasteiger partial charge in [0.05, 0.1) is 33.1 Å². The number of alkyl halides is 3. The Morgan fingerprint density at radius 2 is 1.28 bits per heavy atom. The van der Waals surface area contributed by atoms with Gasteiger partial charge in [-0.2, -0.15) is 13.2 Å². The Balaban J connectivity index is 1.18. The van der Waals surface area contributed by atoms with Crippen LogP contribution in [0.4, 0.5) is 13.2 Å². The van der Waals surface area contributed by atoms with Gasteiger partial charge in [0.1, 0.15) is 11.6 Å². The molecule has 1 N–H and O–H groups in total. The van der Waals surface area contributed by atoms with Gasteiger partial charge in [-0.05, 0) is 126 Å². The lowest BCUT2D eigenvalue weighted by molar-refractivity contribution is -0.137. The van der Waals surface area contributed by atoms with E-state index in [0.29, 0.717) is 22.5 Å². The number of rotatable bonds is 5. The number of nitrogens with one attached hydrogen (secondary N) is 1. The van der Waals surface area contributed by atoms with Gasteiger partial charge in [-0.25, -0.2) is 9.97 Å². The normalized spacial score (nSPS) is 12.5. The molecule has 0 aliphatic carbocycles. The smallest absolute Gasteiger partial charge is 0.354 e. The quantitative estimate of drug-likeness (QED) is 0.188. The molecule has 0 fully saturated rings. The van der Waals surface area contributed by atoms with Crippen LogP contribution in [-0.4, -0.2) is 24.1 Å². The maximum atomic E-state index is 14.3. The molecule has 11 aromatic rings. The molecule has 0 radical (unpaired) electrons. The minimum Gasteiger partial charge on any atom is -0.354 e. The highest BCUT2D eigenvalue weighted by Gasteiger charge is 2.31. The fraction of sp³-hybridized carbons (Fsp3) is 0.143. The molecule has 0 unspecified atom stereocenters. The fourth-order valence-corrected chi connectivity index (χ4v) is 9.89. The summed E-state index contributed by atoms with van der Waals surface area (Å²) in [6.45, 7) is 13.1. The van der Waals surface area contributed by atoms with E-state index < -0.39 is 11.7 Å². The molecule has 11 rings (SSSR count). The Hall–Kier alpha value is -7.45. The summed E-state index contributed by atoms with van der Waals surface area (Å²) in [5.74, 6) is 1.35. The summed E-state index contributed by atoms with van der Waals surface area (Å²) in [6, 6.07) is 47.6. The number of aryl methyl sites for hydroxylation is 3. The number of halogens is 3. The maximum Gasteiger partial charge on any atom is 0.416 e. The Morgan fingerprint density at radius 1 is 0.547 bits per heavy atom. The maximum absolute atomic E-state index is 14.3. The van der Waals surface area contributed by atoms with Gasteiger partial charge in [-0.15, -0.1) is 0 Å². The van der Waals surface area contributed by atoms with E-state index >= 15 is 0 Å². The average molecular weight is 844 g/mol. The number of para-hydroxylation sites is 3. The van der Waals surface area contributed by atoms with Crippen LogP contribution in [0.25, 0.3) is 99.8 Å². The number of aromatic amines is 1. The van der Waals surface area contributed by atoms with Crippen molar-refractivity contribution in [1.82, 2.24) is 24.1 Å². The minimum atomic E-state index is -4.53. The molecule has 0 aliphatic rings. The first-order valence-corrected chi connectivity index (χ1v) is 21.6. The number of fused-ring (bicyclic) bond motifs is 7. The first-order valence-electron chi connectivity index (χ1n) is 21.6. The van der Waals surface area contributed by atoms with Crippen molar-refractivity contribution < 1.29 is 13.2 Å². The average Bonchev–Trinajstić information content (AvgIpc) is 3.95. The Labute approximate surface area is 368 Å². The first-order chi connectivity index (χ1) is 30.7. The van der Waals surface area contributed by atoms with E-state index in [-0.39, 0.29) is 5.41 Å². The van der Waals surface area contributed by atoms with Gasteiger partial charge in [0.2, 0.25) is 0 Å². The Bertz CT molecular complexity index is 3660. The second-order valence-electron chi connectivity index (χ2n) is 18.1. The van der Waals surface area contributed by atoms with Crippen LogP contribution in [-0.2, 0) is 11.6 Å². The predicted molar refractivity (Wildman–Crippen MR) is 257 cm³/mol. The summed E-state index contributed by atoms with van der Waals surface area (Å²) in [7, 11) is 0. The molecule has 64 heavy (non-hydrogen) atoms. The molecule has 0 saturated heterocycles. The Kier molecular flexibility index (Phi) is 8.80. The number of hydrogen-bond acceptors (Lipinski definition) is 2. The summed E-state index contributed by atoms with van der Waals surface area (Å²) in [6.07, 6.45) is -2.64. The van der Waals surface area contributed by atoms with Crippen molar-refractivity contribution in [2.45, 2.75) is 53.1 Å². The molecule has 4 aromatic heterocycles. The molecule has 7 aromatic carbocycles. The zero-order valence-electron chi connectivity index (χ0n) is 36.4. The van der Waals surface area contributed by atoms with Gasteiger partial charge in [0.25, 0.3) is 0 Å². The molecule has 0 bridgehead atoms. The van der Waals surface area contributed by atoms with Crippen molar-refractivity contribution in [3.63, 3.8) is 0 Å². The highest BCUT2D eigenvalue weighted by Crippen LogP contribution is 2.42. The van der Waals surface area contributed by atoms with Gasteiger partial charge in [-0.1, -0.05) is 105 Å². The number of imidazole rings is 1. The Morgan fingerprint density at radius 3 is 2.08 bits per heavy atom. The van der Waals surface area contributed by atoms with E-state index in [0.717, 1.165) is 77.7 Å². The number of H-pyrrole nitrogens is 1. The van der Waals surface area contributed by atoms with Crippen molar-refractivity contribution in [3.8, 4) is 45.1 Å². The van der Waals surface area contributed by atoms with Gasteiger partial charge in [0, 0.05) is 50.1 Å². The fourth-order valence-electron chi connectivity index (χ4n) is 9.89. The molecule has 0 spiro atoms. The zero-order chi connectivity index (χ0) is 44.2. The second kappa shape index (κ2) is 14.3. The van der Waals surface area contributed by atoms with E-state index in [1.165, 1.54) is 39.9 Å². The summed E-state index contributed by atoms with van der Waals surface area (Å²) >= 11 is 0. The van der Waals surface area contributed by atoms with Crippen molar-refractivity contribution in [3.05, 3.63) is 180 Å². The standard InChI is InChI=1S/C56H44F3N5/c1-32-26-33(2)51(34(3)27-32)36-21-23-47-45(28-36)42-22-20-35(29-49(42)64(47)50-31-37(24-25-60-50)55(4,5)6)40-15-11-19-48-53(40)62-54(63(48)39-13-9-12-38(30-39)56(57,58)59)44-17-10-16-43-41-14-7-8-18-46(41)61-52(43)44/h7-31,61H,1-6H3. The molecule has 314 valence electrons. The number of hydrogen-bond donors (Lipinski definition) is 1. The van der Waals surface area contributed by atoms with Crippen LogP contribution in [0.3, 0.4) is 0 Å². The molecule has 0 amide bonds. The SMILES string of the molecule is Cc1cc(C)c(-c2ccc3c(c2)c2ccc(-c4cccc5c4nc(-c4cccc6c4[nH]c4ccccc46)n5-c4cccc(C(F)(F)F)c4)cc2n3-c2cc(C(C)(C)C)ccn2)c(C)c1. The van der Waals surface area contributed by atoms with E-state index in [1.54, 1.807) is 6.07 Å². The minimum absolute atomic E-state index is 0.0990. The third kappa shape index (κ3) is 6.30. The largest absolute Gasteiger partial charge is 0.416 e. The van der Waals surface area contributed by atoms with Gasteiger partial charge in [0.15, 0.2) is 0 Å². The van der Waals surface area contributed by atoms with Gasteiger partial charge < -0.3 is 4.98 Å². The lowest BCUT2D eigenvalue weighted by atomic mass is 9.88. The monoisotopic (exact) mass is 843 g/mol. The molecule has 0 aliphatic heterocycles. The topological polar surface area (TPSA) is 51.4 Å². The van der Waals surface area contributed by atoms with Crippen LogP contribution < -0.4 is 0 Å². The molecular weight excluding hydrogens is 800 g/mol. The molecule has 0 saturated carbocycles. The molecule has 4 heterocycles. The van der Waals surface area contributed by atoms with Crippen molar-refractivity contribution in [2.75, 3.05) is 0 Å². The van der Waals surface area contributed by atoms with E-state index in [1.807, 2.05) is 59.3 Å². The van der Waals surface area contributed by atoms with Crippen LogP contribution in [0.5, 0.6) is 0 Å². The van der Waals surface area contributed by atoms with Crippen LogP contribution in [0.15, 0.2) is 152 Å². The molecule has 5 nitrogen and oxygen atoms in total. The van der Waals surface area contributed by atoms with Crippen LogP contribution in [0.2, 0.25) is 0 Å². The third-order valence-corrected chi connectivity index (χ3v) is 12.8. The van der Waals surface area contributed by atoms with Crippen molar-refractivity contribution in [2.24, 2.45) is 0 Å². The van der Waals surface area contributed by atoms with Crippen molar-refractivity contribution >= 4 is 54.6 Å². The van der Waals surface area contributed by atoms with Gasteiger partial charge >= 0.3 is 6.18 Å². The summed E-state index contributed by atoms with van der Waals surface area (Å²) in [5.41, 5.74) is 14.6. The van der Waals surface area contributed by atoms with Crippen LogP contribution in [0, 0.1) is 20.8 Å². The number of pyridine rings is 1. The van der Waals surface area contributed by atoms with Crippen LogP contribution >= 0.6 is 0 Å². The number of aromatic nitrogens is 5. The molecule has 8 heteroatoms. The van der Waals surface area contributed by atoms with Crippen LogP contribution in [0.1, 0.15) is 48.6 Å². The van der Waals surface area contributed by atoms with E-state index in [9.17, 15) is 13.2 Å². The third-order valence-electron chi connectivity index (χ3n) is 12.8.